The zero-order valence-electron chi connectivity index (χ0n) is 13.0. The summed E-state index contributed by atoms with van der Waals surface area (Å²) < 4.78 is 2.06. The average molecular weight is 326 g/mol. The maximum Gasteiger partial charge on any atom is 0.233 e. The molecular formula is C17H18N4OS. The molecule has 0 atom stereocenters. The lowest BCUT2D eigenvalue weighted by atomic mass is 10.1. The summed E-state index contributed by atoms with van der Waals surface area (Å²) in [5.41, 5.74) is 3.03. The number of carbonyl (C=O) groups is 1. The molecule has 0 aliphatic carbocycles. The van der Waals surface area contributed by atoms with E-state index in [4.69, 9.17) is 0 Å². The normalized spacial score (nSPS) is 14.9. The van der Waals surface area contributed by atoms with Gasteiger partial charge in [-0.05, 0) is 42.8 Å². The molecule has 1 aliphatic heterocycles. The summed E-state index contributed by atoms with van der Waals surface area (Å²) >= 11 is 1.47. The largest absolute Gasteiger partial charge is 0.342 e. The molecule has 5 nitrogen and oxygen atoms in total. The van der Waals surface area contributed by atoms with Crippen LogP contribution < -0.4 is 0 Å². The molecule has 0 bridgehead atoms. The second-order valence-corrected chi connectivity index (χ2v) is 6.85. The monoisotopic (exact) mass is 326 g/mol. The van der Waals surface area contributed by atoms with Crippen LogP contribution in [-0.4, -0.2) is 44.2 Å². The Morgan fingerprint density at radius 2 is 2.00 bits per heavy atom. The summed E-state index contributed by atoms with van der Waals surface area (Å²) in [5.74, 6) is 0.615. The van der Waals surface area contributed by atoms with Crippen LogP contribution in [0.1, 0.15) is 18.4 Å². The lowest BCUT2D eigenvalue weighted by Crippen LogP contribution is -2.29. The molecule has 0 unspecified atom stereocenters. The smallest absolute Gasteiger partial charge is 0.233 e. The molecule has 1 saturated heterocycles. The summed E-state index contributed by atoms with van der Waals surface area (Å²) in [7, 11) is 0. The molecule has 0 saturated carbocycles. The highest BCUT2D eigenvalue weighted by Gasteiger charge is 2.19. The lowest BCUT2D eigenvalue weighted by Gasteiger charge is -2.14. The topological polar surface area (TPSA) is 50.5 Å². The van der Waals surface area contributed by atoms with E-state index in [-0.39, 0.29) is 5.91 Å². The van der Waals surface area contributed by atoms with E-state index < -0.39 is 0 Å². The molecule has 0 radical (unpaired) electrons. The molecule has 6 heteroatoms. The fraction of sp³-hybridized carbons (Fsp3) is 0.353. The molecule has 23 heavy (non-hydrogen) atoms. The van der Waals surface area contributed by atoms with Crippen molar-refractivity contribution in [2.45, 2.75) is 24.9 Å². The second-order valence-electron chi connectivity index (χ2n) is 5.90. The summed E-state index contributed by atoms with van der Waals surface area (Å²) in [6.45, 7) is 3.82. The van der Waals surface area contributed by atoms with Gasteiger partial charge in [0.2, 0.25) is 5.91 Å². The van der Waals surface area contributed by atoms with Crippen LogP contribution in [-0.2, 0) is 4.79 Å². The Morgan fingerprint density at radius 1 is 1.22 bits per heavy atom. The van der Waals surface area contributed by atoms with E-state index in [1.165, 1.54) is 11.8 Å². The van der Waals surface area contributed by atoms with Crippen molar-refractivity contribution in [1.29, 1.82) is 0 Å². The summed E-state index contributed by atoms with van der Waals surface area (Å²) in [6.07, 6.45) is 2.24. The first-order chi connectivity index (χ1) is 11.2. The zero-order chi connectivity index (χ0) is 15.8. The molecule has 3 aromatic rings. The number of aromatic nitrogens is 3. The Hall–Kier alpha value is -2.08. The number of likely N-dealkylation sites (tertiary alicyclic amines) is 1. The molecule has 0 N–H and O–H groups in total. The molecule has 0 spiro atoms. The third kappa shape index (κ3) is 2.57. The SMILES string of the molecule is Cc1cc2ccccc2n2c(SCC(=O)N3CCCC3)nnc12. The first-order valence-corrected chi connectivity index (χ1v) is 8.86. The molecule has 1 amide bonds. The number of carbonyl (C=O) groups excluding carboxylic acids is 1. The molecule has 1 fully saturated rings. The summed E-state index contributed by atoms with van der Waals surface area (Å²) in [6, 6.07) is 10.3. The number of hydrogen-bond acceptors (Lipinski definition) is 4. The Balaban J connectivity index is 1.68. The van der Waals surface area contributed by atoms with E-state index in [0.29, 0.717) is 5.75 Å². The van der Waals surface area contributed by atoms with Gasteiger partial charge in [-0.1, -0.05) is 30.0 Å². The standard InChI is InChI=1S/C17H18N4OS/c1-12-10-13-6-2-3-7-14(13)21-16(12)18-19-17(21)23-11-15(22)20-8-4-5-9-20/h2-3,6-7,10H,4-5,8-9,11H2,1H3. The van der Waals surface area contributed by atoms with Crippen molar-refractivity contribution in [3.63, 3.8) is 0 Å². The first kappa shape index (κ1) is 14.5. The van der Waals surface area contributed by atoms with E-state index in [1.807, 2.05) is 24.0 Å². The van der Waals surface area contributed by atoms with Gasteiger partial charge in [0.1, 0.15) is 0 Å². The van der Waals surface area contributed by atoms with Crippen LogP contribution in [0, 0.1) is 6.92 Å². The average Bonchev–Trinajstić information content (AvgIpc) is 3.23. The predicted octanol–water partition coefficient (Wildman–Crippen LogP) is 2.91. The Bertz CT molecular complexity index is 883. The van der Waals surface area contributed by atoms with Gasteiger partial charge in [-0.25, -0.2) is 0 Å². The van der Waals surface area contributed by atoms with Crippen LogP contribution in [0.2, 0.25) is 0 Å². The maximum atomic E-state index is 12.3. The van der Waals surface area contributed by atoms with E-state index in [0.717, 1.165) is 53.2 Å². The molecule has 1 aromatic carbocycles. The van der Waals surface area contributed by atoms with Gasteiger partial charge in [0.05, 0.1) is 11.3 Å². The molecule has 1 aliphatic rings. The molecule has 4 rings (SSSR count). The van der Waals surface area contributed by atoms with Gasteiger partial charge in [0, 0.05) is 13.1 Å². The van der Waals surface area contributed by atoms with E-state index in [2.05, 4.69) is 32.8 Å². The summed E-state index contributed by atoms with van der Waals surface area (Å²) in [4.78, 5) is 14.2. The van der Waals surface area contributed by atoms with E-state index >= 15 is 0 Å². The lowest BCUT2D eigenvalue weighted by molar-refractivity contribution is -0.127. The van der Waals surface area contributed by atoms with Crippen molar-refractivity contribution in [2.24, 2.45) is 0 Å². The van der Waals surface area contributed by atoms with Crippen molar-refractivity contribution in [2.75, 3.05) is 18.8 Å². The van der Waals surface area contributed by atoms with Gasteiger partial charge in [-0.2, -0.15) is 0 Å². The van der Waals surface area contributed by atoms with Crippen LogP contribution >= 0.6 is 11.8 Å². The maximum absolute atomic E-state index is 12.3. The van der Waals surface area contributed by atoms with Crippen LogP contribution in [0.15, 0.2) is 35.5 Å². The number of thioether (sulfide) groups is 1. The number of pyridine rings is 1. The van der Waals surface area contributed by atoms with Crippen molar-refractivity contribution in [3.05, 3.63) is 35.9 Å². The highest BCUT2D eigenvalue weighted by Crippen LogP contribution is 2.25. The number of amides is 1. The van der Waals surface area contributed by atoms with Crippen molar-refractivity contribution in [1.82, 2.24) is 19.5 Å². The third-order valence-corrected chi connectivity index (χ3v) is 5.23. The van der Waals surface area contributed by atoms with Crippen molar-refractivity contribution >= 4 is 34.2 Å². The number of para-hydroxylation sites is 1. The Morgan fingerprint density at radius 3 is 2.83 bits per heavy atom. The zero-order valence-corrected chi connectivity index (χ0v) is 13.8. The number of nitrogens with zero attached hydrogens (tertiary/aromatic N) is 4. The number of aryl methyl sites for hydroxylation is 1. The number of hydrogen-bond donors (Lipinski definition) is 0. The van der Waals surface area contributed by atoms with E-state index in [1.54, 1.807) is 0 Å². The van der Waals surface area contributed by atoms with Gasteiger partial charge >= 0.3 is 0 Å². The summed E-state index contributed by atoms with van der Waals surface area (Å²) in [5, 5.41) is 10.6. The predicted molar refractivity (Wildman–Crippen MR) is 91.8 cm³/mol. The van der Waals surface area contributed by atoms with Crippen LogP contribution in [0.25, 0.3) is 16.6 Å². The molecular weight excluding hydrogens is 308 g/mol. The van der Waals surface area contributed by atoms with Gasteiger partial charge < -0.3 is 4.90 Å². The van der Waals surface area contributed by atoms with Gasteiger partial charge in [-0.15, -0.1) is 10.2 Å². The first-order valence-electron chi connectivity index (χ1n) is 7.88. The minimum absolute atomic E-state index is 0.196. The Kier molecular flexibility index (Phi) is 3.69. The van der Waals surface area contributed by atoms with Crippen molar-refractivity contribution in [3.8, 4) is 0 Å². The molecule has 118 valence electrons. The van der Waals surface area contributed by atoms with Crippen LogP contribution in [0.4, 0.5) is 0 Å². The minimum Gasteiger partial charge on any atom is -0.342 e. The van der Waals surface area contributed by atoms with Crippen LogP contribution in [0.5, 0.6) is 0 Å². The fourth-order valence-electron chi connectivity index (χ4n) is 3.13. The van der Waals surface area contributed by atoms with Gasteiger partial charge in [-0.3, -0.25) is 9.20 Å². The van der Waals surface area contributed by atoms with Crippen molar-refractivity contribution < 1.29 is 4.79 Å². The second kappa shape index (κ2) is 5.85. The van der Waals surface area contributed by atoms with Gasteiger partial charge in [0.15, 0.2) is 10.8 Å². The minimum atomic E-state index is 0.196. The van der Waals surface area contributed by atoms with E-state index in [9.17, 15) is 4.79 Å². The number of fused-ring (bicyclic) bond motifs is 3. The highest BCUT2D eigenvalue weighted by molar-refractivity contribution is 7.99. The Labute approximate surface area is 138 Å². The third-order valence-electron chi connectivity index (χ3n) is 4.32. The van der Waals surface area contributed by atoms with Crippen LogP contribution in [0.3, 0.4) is 0 Å². The number of rotatable bonds is 3. The van der Waals surface area contributed by atoms with Gasteiger partial charge in [0.25, 0.3) is 0 Å². The number of benzene rings is 1. The highest BCUT2D eigenvalue weighted by atomic mass is 32.2. The fourth-order valence-corrected chi connectivity index (χ4v) is 3.98. The quantitative estimate of drug-likeness (QED) is 0.695. The molecule has 2 aromatic heterocycles. The molecule has 3 heterocycles.